The minimum atomic E-state index is 0.324. The molecule has 142 valence electrons. The van der Waals surface area contributed by atoms with Crippen molar-refractivity contribution in [3.63, 3.8) is 0 Å². The first-order valence-electron chi connectivity index (χ1n) is 10.7. The number of hydrogen-bond acceptors (Lipinski definition) is 2. The first-order valence-corrected chi connectivity index (χ1v) is 10.7. The number of amides is 1. The van der Waals surface area contributed by atoms with E-state index in [1.165, 1.54) is 32.1 Å². The van der Waals surface area contributed by atoms with Crippen LogP contribution in [0.3, 0.4) is 0 Å². The highest BCUT2D eigenvalue weighted by molar-refractivity contribution is 5.77. The van der Waals surface area contributed by atoms with E-state index < -0.39 is 0 Å². The normalized spacial score (nSPS) is 52.5. The summed E-state index contributed by atoms with van der Waals surface area (Å²) in [7, 11) is 2.06. The Balaban J connectivity index is 1.66. The van der Waals surface area contributed by atoms with Crippen LogP contribution in [-0.2, 0) is 9.53 Å². The molecule has 0 aromatic carbocycles. The Morgan fingerprint density at radius 2 is 1.84 bits per heavy atom. The lowest BCUT2D eigenvalue weighted by molar-refractivity contribution is -0.171. The number of rotatable bonds is 2. The van der Waals surface area contributed by atoms with E-state index in [-0.39, 0.29) is 0 Å². The van der Waals surface area contributed by atoms with Crippen molar-refractivity contribution < 1.29 is 9.53 Å². The van der Waals surface area contributed by atoms with Crippen LogP contribution >= 0.6 is 0 Å². The zero-order chi connectivity index (χ0) is 18.0. The third-order valence-electron chi connectivity index (χ3n) is 9.21. The molecule has 0 N–H and O–H groups in total. The van der Waals surface area contributed by atoms with E-state index in [1.54, 1.807) is 0 Å². The lowest BCUT2D eigenvalue weighted by atomic mass is 9.45. The number of carbonyl (C=O) groups excluding carboxylic acids is 1. The van der Waals surface area contributed by atoms with Gasteiger partial charge in [-0.2, -0.15) is 0 Å². The highest BCUT2D eigenvalue weighted by Crippen LogP contribution is 2.66. The van der Waals surface area contributed by atoms with Gasteiger partial charge in [-0.3, -0.25) is 4.79 Å². The molecule has 1 saturated heterocycles. The van der Waals surface area contributed by atoms with Gasteiger partial charge in [-0.05, 0) is 80.0 Å². The summed E-state index contributed by atoms with van der Waals surface area (Å²) < 4.78 is 6.20. The number of nitrogens with zero attached hydrogens (tertiary/aromatic N) is 1. The average Bonchev–Trinajstić information content (AvgIpc) is 2.91. The number of likely N-dealkylation sites (tertiary alicyclic amines) is 1. The third kappa shape index (κ3) is 2.37. The molecule has 8 atom stereocenters. The molecule has 4 aliphatic rings. The maximum absolute atomic E-state index is 12.3. The lowest BCUT2D eigenvalue weighted by Gasteiger charge is -2.63. The third-order valence-corrected chi connectivity index (χ3v) is 9.21. The topological polar surface area (TPSA) is 29.5 Å². The van der Waals surface area contributed by atoms with Gasteiger partial charge >= 0.3 is 0 Å². The van der Waals surface area contributed by atoms with Crippen LogP contribution in [0.25, 0.3) is 0 Å². The fourth-order valence-electron chi connectivity index (χ4n) is 7.89. The van der Waals surface area contributed by atoms with Crippen molar-refractivity contribution in [2.45, 2.75) is 84.8 Å². The van der Waals surface area contributed by atoms with Gasteiger partial charge < -0.3 is 9.64 Å². The average molecular weight is 348 g/mol. The number of fused-ring (bicyclic) bond motifs is 5. The predicted octanol–water partition coefficient (Wildman–Crippen LogP) is 4.50. The monoisotopic (exact) mass is 347 g/mol. The van der Waals surface area contributed by atoms with Crippen LogP contribution in [0.2, 0.25) is 0 Å². The first kappa shape index (κ1) is 17.8. The summed E-state index contributed by atoms with van der Waals surface area (Å²) in [4.78, 5) is 14.4. The smallest absolute Gasteiger partial charge is 0.222 e. The lowest BCUT2D eigenvalue weighted by Crippen LogP contribution is -2.63. The fourth-order valence-corrected chi connectivity index (χ4v) is 7.89. The van der Waals surface area contributed by atoms with Crippen molar-refractivity contribution in [1.82, 2.24) is 4.90 Å². The van der Waals surface area contributed by atoms with Crippen LogP contribution in [-0.4, -0.2) is 36.6 Å². The van der Waals surface area contributed by atoms with Crippen molar-refractivity contribution in [3.05, 3.63) is 0 Å². The standard InChI is InChI=1S/C22H37NO2/c1-6-25-18-8-7-15-20-14(2)13-17-21(3,12-10-19(24)23(17)5)16(20)9-11-22(15,18)4/h14-18,20H,6-13H2,1-5H3/t14?,15-,16+,17?,18?,20-,21+,22-/m0/s1. The number of carbonyl (C=O) groups is 1. The maximum atomic E-state index is 12.3. The largest absolute Gasteiger partial charge is 0.378 e. The molecule has 0 aromatic heterocycles. The van der Waals surface area contributed by atoms with E-state index in [2.05, 4.69) is 39.6 Å². The van der Waals surface area contributed by atoms with Gasteiger partial charge in [0.1, 0.15) is 0 Å². The highest BCUT2D eigenvalue weighted by atomic mass is 16.5. The molecule has 0 bridgehead atoms. The highest BCUT2D eigenvalue weighted by Gasteiger charge is 2.63. The molecule has 0 aromatic rings. The Morgan fingerprint density at radius 3 is 2.56 bits per heavy atom. The van der Waals surface area contributed by atoms with E-state index >= 15 is 0 Å². The van der Waals surface area contributed by atoms with Gasteiger partial charge in [0.2, 0.25) is 5.91 Å². The Labute approximate surface area is 153 Å². The Bertz CT molecular complexity index is 548. The number of ether oxygens (including phenoxy) is 1. The zero-order valence-corrected chi connectivity index (χ0v) is 16.9. The molecule has 1 heterocycles. The molecular formula is C22H37NO2. The molecule has 4 fully saturated rings. The molecule has 4 rings (SSSR count). The maximum Gasteiger partial charge on any atom is 0.222 e. The molecule has 25 heavy (non-hydrogen) atoms. The second-order valence-corrected chi connectivity index (χ2v) is 10.1. The van der Waals surface area contributed by atoms with Gasteiger partial charge in [-0.1, -0.05) is 20.8 Å². The first-order chi connectivity index (χ1) is 11.8. The van der Waals surface area contributed by atoms with Crippen molar-refractivity contribution in [2.75, 3.05) is 13.7 Å². The van der Waals surface area contributed by atoms with Crippen molar-refractivity contribution in [2.24, 2.45) is 34.5 Å². The van der Waals surface area contributed by atoms with E-state index in [1.807, 2.05) is 0 Å². The number of piperidine rings is 1. The molecule has 3 aliphatic carbocycles. The van der Waals surface area contributed by atoms with Gasteiger partial charge in [-0.25, -0.2) is 0 Å². The molecule has 0 spiro atoms. The summed E-state index contributed by atoms with van der Waals surface area (Å²) in [5.41, 5.74) is 0.704. The van der Waals surface area contributed by atoms with Crippen molar-refractivity contribution >= 4 is 5.91 Å². The summed E-state index contributed by atoms with van der Waals surface area (Å²) in [5.74, 6) is 3.52. The summed E-state index contributed by atoms with van der Waals surface area (Å²) in [5, 5.41) is 0. The van der Waals surface area contributed by atoms with Crippen molar-refractivity contribution in [3.8, 4) is 0 Å². The minimum absolute atomic E-state index is 0.324. The molecule has 3 heteroatoms. The van der Waals surface area contributed by atoms with Gasteiger partial charge in [0.25, 0.3) is 0 Å². The predicted molar refractivity (Wildman–Crippen MR) is 100 cm³/mol. The quantitative estimate of drug-likeness (QED) is 0.736. The van der Waals surface area contributed by atoms with E-state index in [0.29, 0.717) is 28.9 Å². The second kappa shape index (κ2) is 5.97. The SMILES string of the molecule is CCOC1CC[C@H]2[C@@H]3C(C)CC4N(C)C(=O)CC[C@]4(C)[C@@H]3CC[C@]12C. The van der Waals surface area contributed by atoms with E-state index in [0.717, 1.165) is 43.1 Å². The summed E-state index contributed by atoms with van der Waals surface area (Å²) >= 11 is 0. The van der Waals surface area contributed by atoms with Crippen LogP contribution in [0.5, 0.6) is 0 Å². The Hall–Kier alpha value is -0.570. The second-order valence-electron chi connectivity index (χ2n) is 10.1. The van der Waals surface area contributed by atoms with Gasteiger partial charge in [0.05, 0.1) is 6.10 Å². The molecule has 1 aliphatic heterocycles. The Morgan fingerprint density at radius 1 is 1.12 bits per heavy atom. The van der Waals surface area contributed by atoms with Crippen LogP contribution < -0.4 is 0 Å². The van der Waals surface area contributed by atoms with Gasteiger partial charge in [-0.15, -0.1) is 0 Å². The molecular weight excluding hydrogens is 310 g/mol. The molecule has 3 saturated carbocycles. The Kier molecular flexibility index (Phi) is 4.26. The molecule has 1 amide bonds. The summed E-state index contributed by atoms with van der Waals surface area (Å²) in [6, 6.07) is 0.457. The zero-order valence-electron chi connectivity index (χ0n) is 16.9. The fraction of sp³-hybridized carbons (Fsp3) is 0.955. The van der Waals surface area contributed by atoms with E-state index in [9.17, 15) is 4.79 Å². The summed E-state index contributed by atoms with van der Waals surface area (Å²) in [6.07, 6.45) is 8.78. The minimum Gasteiger partial charge on any atom is -0.378 e. The number of hydrogen-bond donors (Lipinski definition) is 0. The van der Waals surface area contributed by atoms with Crippen LogP contribution in [0.15, 0.2) is 0 Å². The molecule has 0 radical (unpaired) electrons. The van der Waals surface area contributed by atoms with Crippen LogP contribution in [0.4, 0.5) is 0 Å². The van der Waals surface area contributed by atoms with E-state index in [4.69, 9.17) is 4.74 Å². The van der Waals surface area contributed by atoms with Crippen molar-refractivity contribution in [1.29, 1.82) is 0 Å². The van der Waals surface area contributed by atoms with Gasteiger partial charge in [0, 0.05) is 26.1 Å². The van der Waals surface area contributed by atoms with Crippen LogP contribution in [0, 0.1) is 34.5 Å². The van der Waals surface area contributed by atoms with Gasteiger partial charge in [0.15, 0.2) is 0 Å². The molecule has 3 unspecified atom stereocenters. The van der Waals surface area contributed by atoms with Crippen LogP contribution in [0.1, 0.15) is 72.6 Å². The molecule has 3 nitrogen and oxygen atoms in total. The summed E-state index contributed by atoms with van der Waals surface area (Å²) in [6.45, 7) is 10.5.